The molecule has 1 atom stereocenters. The highest BCUT2D eigenvalue weighted by Crippen LogP contribution is 2.26. The molecule has 1 aromatic carbocycles. The number of fused-ring (bicyclic) bond motifs is 1. The Balaban J connectivity index is 1.73. The first-order valence-electron chi connectivity index (χ1n) is 8.13. The molecular formula is C18H18N2O2S2. The van der Waals surface area contributed by atoms with Gasteiger partial charge in [0.1, 0.15) is 4.70 Å². The second kappa shape index (κ2) is 7.09. The zero-order chi connectivity index (χ0) is 16.4. The van der Waals surface area contributed by atoms with E-state index in [1.54, 1.807) is 16.3 Å². The predicted octanol–water partition coefficient (Wildman–Crippen LogP) is 4.11. The normalized spacial score (nSPS) is 18.1. The van der Waals surface area contributed by atoms with Gasteiger partial charge in [-0.05, 0) is 42.8 Å². The summed E-state index contributed by atoms with van der Waals surface area (Å²) >= 11 is 3.06. The molecule has 3 heterocycles. The van der Waals surface area contributed by atoms with Crippen LogP contribution in [0, 0.1) is 0 Å². The third kappa shape index (κ3) is 3.14. The average Bonchev–Trinajstić information content (AvgIpc) is 3.10. The fourth-order valence-corrected chi connectivity index (χ4v) is 4.74. The highest BCUT2D eigenvalue weighted by molar-refractivity contribution is 7.99. The smallest absolute Gasteiger partial charge is 0.276 e. The maximum Gasteiger partial charge on any atom is 0.276 e. The fraction of sp³-hybridized carbons (Fsp3) is 0.333. The Hall–Kier alpha value is -1.63. The van der Waals surface area contributed by atoms with Gasteiger partial charge in [-0.25, -0.2) is 4.98 Å². The Labute approximate surface area is 148 Å². The van der Waals surface area contributed by atoms with Crippen LogP contribution in [0.4, 0.5) is 0 Å². The van der Waals surface area contributed by atoms with E-state index in [0.717, 1.165) is 41.6 Å². The molecule has 24 heavy (non-hydrogen) atoms. The monoisotopic (exact) mass is 358 g/mol. The van der Waals surface area contributed by atoms with E-state index in [1.165, 1.54) is 17.8 Å². The van der Waals surface area contributed by atoms with Crippen molar-refractivity contribution in [2.45, 2.75) is 30.5 Å². The standard InChI is InChI=1S/C18H18N2O2S2/c21-17-16-15(9-11-23-16)19-18(20(17)13-6-2-1-3-7-13)24-12-14-8-4-5-10-22-14/h1-3,6-7,9,11,14H,4-5,8,10,12H2. The number of benzene rings is 1. The lowest BCUT2D eigenvalue weighted by atomic mass is 10.1. The molecule has 0 amide bonds. The molecule has 1 saturated heterocycles. The van der Waals surface area contributed by atoms with Gasteiger partial charge in [0.25, 0.3) is 5.56 Å². The summed E-state index contributed by atoms with van der Waals surface area (Å²) in [5.74, 6) is 0.828. The van der Waals surface area contributed by atoms with Crippen LogP contribution in [0.3, 0.4) is 0 Å². The van der Waals surface area contributed by atoms with E-state index < -0.39 is 0 Å². The van der Waals surface area contributed by atoms with Gasteiger partial charge in [0.05, 0.1) is 17.3 Å². The molecule has 0 radical (unpaired) electrons. The van der Waals surface area contributed by atoms with E-state index in [-0.39, 0.29) is 11.7 Å². The quantitative estimate of drug-likeness (QED) is 0.520. The van der Waals surface area contributed by atoms with E-state index >= 15 is 0 Å². The summed E-state index contributed by atoms with van der Waals surface area (Å²) in [5.41, 5.74) is 1.65. The Bertz CT molecular complexity index is 883. The number of hydrogen-bond donors (Lipinski definition) is 0. The van der Waals surface area contributed by atoms with E-state index in [1.807, 2.05) is 41.8 Å². The van der Waals surface area contributed by atoms with Crippen molar-refractivity contribution < 1.29 is 4.74 Å². The van der Waals surface area contributed by atoms with Crippen molar-refractivity contribution in [3.05, 3.63) is 52.1 Å². The molecule has 1 unspecified atom stereocenters. The van der Waals surface area contributed by atoms with E-state index in [4.69, 9.17) is 9.72 Å². The Kier molecular flexibility index (Phi) is 4.69. The Morgan fingerprint density at radius 2 is 2.12 bits per heavy atom. The first kappa shape index (κ1) is 15.9. The van der Waals surface area contributed by atoms with Crippen LogP contribution in [0.1, 0.15) is 19.3 Å². The van der Waals surface area contributed by atoms with Gasteiger partial charge in [0.2, 0.25) is 0 Å². The molecule has 0 saturated carbocycles. The summed E-state index contributed by atoms with van der Waals surface area (Å²) in [6.07, 6.45) is 3.70. The van der Waals surface area contributed by atoms with Crippen molar-refractivity contribution in [1.29, 1.82) is 0 Å². The molecule has 4 rings (SSSR count). The van der Waals surface area contributed by atoms with Crippen LogP contribution in [0.5, 0.6) is 0 Å². The van der Waals surface area contributed by atoms with Crippen LogP contribution >= 0.6 is 23.1 Å². The average molecular weight is 358 g/mol. The predicted molar refractivity (Wildman–Crippen MR) is 99.5 cm³/mol. The second-order valence-corrected chi connectivity index (χ2v) is 7.71. The van der Waals surface area contributed by atoms with E-state index in [9.17, 15) is 4.79 Å². The summed E-state index contributed by atoms with van der Waals surface area (Å²) in [6.45, 7) is 0.841. The third-order valence-electron chi connectivity index (χ3n) is 4.14. The van der Waals surface area contributed by atoms with Crippen LogP contribution in [0.15, 0.2) is 51.7 Å². The van der Waals surface area contributed by atoms with Crippen molar-refractivity contribution in [2.24, 2.45) is 0 Å². The maximum absolute atomic E-state index is 13.0. The topological polar surface area (TPSA) is 44.1 Å². The zero-order valence-electron chi connectivity index (χ0n) is 13.2. The highest BCUT2D eigenvalue weighted by Gasteiger charge is 2.18. The number of aromatic nitrogens is 2. The molecule has 1 aliphatic heterocycles. The molecular weight excluding hydrogens is 340 g/mol. The lowest BCUT2D eigenvalue weighted by Crippen LogP contribution is -2.24. The molecule has 6 heteroatoms. The van der Waals surface area contributed by atoms with Crippen LogP contribution in [-0.4, -0.2) is 28.0 Å². The number of thioether (sulfide) groups is 1. The number of nitrogens with zero attached hydrogens (tertiary/aromatic N) is 2. The van der Waals surface area contributed by atoms with E-state index in [2.05, 4.69) is 0 Å². The van der Waals surface area contributed by atoms with Gasteiger partial charge in [-0.15, -0.1) is 11.3 Å². The zero-order valence-corrected chi connectivity index (χ0v) is 14.8. The number of rotatable bonds is 4. The second-order valence-electron chi connectivity index (χ2n) is 5.81. The van der Waals surface area contributed by atoms with Crippen LogP contribution in [-0.2, 0) is 4.74 Å². The van der Waals surface area contributed by atoms with Gasteiger partial charge in [0, 0.05) is 12.4 Å². The first-order valence-corrected chi connectivity index (χ1v) is 9.99. The summed E-state index contributed by atoms with van der Waals surface area (Å²) < 4.78 is 8.25. The number of ether oxygens (including phenoxy) is 1. The molecule has 3 aromatic rings. The third-order valence-corrected chi connectivity index (χ3v) is 6.10. The molecule has 124 valence electrons. The lowest BCUT2D eigenvalue weighted by Gasteiger charge is -2.22. The van der Waals surface area contributed by atoms with Gasteiger partial charge < -0.3 is 4.74 Å². The molecule has 0 spiro atoms. The number of hydrogen-bond acceptors (Lipinski definition) is 5. The van der Waals surface area contributed by atoms with Crippen molar-refractivity contribution in [3.8, 4) is 5.69 Å². The Morgan fingerprint density at radius 3 is 2.92 bits per heavy atom. The summed E-state index contributed by atoms with van der Waals surface area (Å²) in [4.78, 5) is 17.7. The molecule has 0 N–H and O–H groups in total. The summed E-state index contributed by atoms with van der Waals surface area (Å²) in [7, 11) is 0. The van der Waals surface area contributed by atoms with Crippen LogP contribution < -0.4 is 5.56 Å². The summed E-state index contributed by atoms with van der Waals surface area (Å²) in [6, 6.07) is 11.7. The van der Waals surface area contributed by atoms with Gasteiger partial charge in [0.15, 0.2) is 5.16 Å². The number of para-hydroxylation sites is 1. The molecule has 0 bridgehead atoms. The largest absolute Gasteiger partial charge is 0.377 e. The van der Waals surface area contributed by atoms with Gasteiger partial charge >= 0.3 is 0 Å². The maximum atomic E-state index is 13.0. The molecule has 1 fully saturated rings. The van der Waals surface area contributed by atoms with Crippen molar-refractivity contribution >= 4 is 33.3 Å². The van der Waals surface area contributed by atoms with Crippen LogP contribution in [0.25, 0.3) is 15.9 Å². The summed E-state index contributed by atoms with van der Waals surface area (Å²) in [5, 5.41) is 2.67. The van der Waals surface area contributed by atoms with Gasteiger partial charge in [-0.1, -0.05) is 30.0 Å². The minimum Gasteiger partial charge on any atom is -0.377 e. The van der Waals surface area contributed by atoms with Crippen molar-refractivity contribution in [1.82, 2.24) is 9.55 Å². The van der Waals surface area contributed by atoms with Crippen molar-refractivity contribution in [3.63, 3.8) is 0 Å². The van der Waals surface area contributed by atoms with Crippen LogP contribution in [0.2, 0.25) is 0 Å². The minimum atomic E-state index is 0.00765. The SMILES string of the molecule is O=c1c2sccc2nc(SCC2CCCCO2)n1-c1ccccc1. The van der Waals surface area contributed by atoms with Crippen molar-refractivity contribution in [2.75, 3.05) is 12.4 Å². The molecule has 4 nitrogen and oxygen atoms in total. The number of thiophene rings is 1. The molecule has 0 aliphatic carbocycles. The fourth-order valence-electron chi connectivity index (χ4n) is 2.90. The lowest BCUT2D eigenvalue weighted by molar-refractivity contribution is 0.0315. The minimum absolute atomic E-state index is 0.00765. The first-order chi connectivity index (χ1) is 11.8. The Morgan fingerprint density at radius 1 is 1.25 bits per heavy atom. The molecule has 1 aliphatic rings. The molecule has 2 aromatic heterocycles. The van der Waals surface area contributed by atoms with E-state index in [0.29, 0.717) is 4.70 Å². The highest BCUT2D eigenvalue weighted by atomic mass is 32.2. The van der Waals surface area contributed by atoms with Gasteiger partial charge in [-0.2, -0.15) is 0 Å². The van der Waals surface area contributed by atoms with Gasteiger partial charge in [-0.3, -0.25) is 9.36 Å².